The fourth-order valence-corrected chi connectivity index (χ4v) is 3.35. The molecule has 0 radical (unpaired) electrons. The van der Waals surface area contributed by atoms with Gasteiger partial charge < -0.3 is 5.32 Å². The van der Waals surface area contributed by atoms with Crippen LogP contribution in [0.2, 0.25) is 5.02 Å². The number of nitrogens with one attached hydrogen (secondary N) is 1. The number of amides is 1. The van der Waals surface area contributed by atoms with Crippen molar-refractivity contribution in [3.63, 3.8) is 0 Å². The van der Waals surface area contributed by atoms with Gasteiger partial charge in [-0.1, -0.05) is 29.8 Å². The number of hydrogen-bond donors (Lipinski definition) is 1. The van der Waals surface area contributed by atoms with Crippen LogP contribution < -0.4 is 5.32 Å². The first-order chi connectivity index (χ1) is 10.5. The normalized spacial score (nSPS) is 10.5. The van der Waals surface area contributed by atoms with Crippen molar-refractivity contribution in [1.29, 1.82) is 0 Å². The number of benzene rings is 2. The van der Waals surface area contributed by atoms with Gasteiger partial charge in [0.05, 0.1) is 10.7 Å². The van der Waals surface area contributed by atoms with Gasteiger partial charge in [0.2, 0.25) is 5.91 Å². The molecule has 0 unspecified atom stereocenters. The Kier molecular flexibility index (Phi) is 5.86. The molecule has 0 aliphatic heterocycles. The average Bonchev–Trinajstić information content (AvgIpc) is 2.45. The molecule has 2 aromatic carbocycles. The van der Waals surface area contributed by atoms with E-state index < -0.39 is 0 Å². The van der Waals surface area contributed by atoms with Crippen LogP contribution in [0.4, 0.5) is 10.1 Å². The van der Waals surface area contributed by atoms with E-state index in [4.69, 9.17) is 11.6 Å². The van der Waals surface area contributed by atoms with E-state index in [1.54, 1.807) is 18.2 Å². The zero-order chi connectivity index (χ0) is 16.1. The molecule has 1 amide bonds. The molecule has 0 spiro atoms. The van der Waals surface area contributed by atoms with Gasteiger partial charge in [0.15, 0.2) is 0 Å². The predicted octanol–water partition coefficient (Wildman–Crippen LogP) is 5.22. The van der Waals surface area contributed by atoms with Crippen LogP contribution in [-0.4, -0.2) is 11.7 Å². The molecule has 0 saturated carbocycles. The third kappa shape index (κ3) is 4.49. The topological polar surface area (TPSA) is 29.1 Å². The quantitative estimate of drug-likeness (QED) is 0.758. The predicted molar refractivity (Wildman–Crippen MR) is 91.3 cm³/mol. The van der Waals surface area contributed by atoms with E-state index in [2.05, 4.69) is 5.32 Å². The zero-order valence-electron chi connectivity index (χ0n) is 12.5. The van der Waals surface area contributed by atoms with Crippen molar-refractivity contribution < 1.29 is 9.18 Å². The first-order valence-electron chi connectivity index (χ1n) is 6.91. The second-order valence-corrected chi connectivity index (χ2v) is 6.56. The maximum Gasteiger partial charge on any atom is 0.225 e. The molecule has 0 aromatic heterocycles. The van der Waals surface area contributed by atoms with Crippen molar-refractivity contribution >= 4 is 35.0 Å². The summed E-state index contributed by atoms with van der Waals surface area (Å²) in [6, 6.07) is 10.3. The Labute approximate surface area is 139 Å². The van der Waals surface area contributed by atoms with Crippen molar-refractivity contribution in [2.75, 3.05) is 11.1 Å². The molecule has 0 fully saturated rings. The van der Waals surface area contributed by atoms with Crippen LogP contribution in [-0.2, 0) is 4.79 Å². The number of carbonyl (C=O) groups is 1. The molecule has 0 aliphatic rings. The minimum atomic E-state index is -0.259. The summed E-state index contributed by atoms with van der Waals surface area (Å²) in [6.07, 6.45) is 0.294. The number of rotatable bonds is 5. The van der Waals surface area contributed by atoms with Crippen LogP contribution in [0.15, 0.2) is 41.3 Å². The van der Waals surface area contributed by atoms with E-state index in [1.165, 1.54) is 17.8 Å². The number of hydrogen-bond acceptors (Lipinski definition) is 2. The van der Waals surface area contributed by atoms with Gasteiger partial charge in [-0.3, -0.25) is 4.79 Å². The lowest BCUT2D eigenvalue weighted by molar-refractivity contribution is -0.115. The molecular formula is C17H17ClFNOS. The summed E-state index contributed by atoms with van der Waals surface area (Å²) >= 11 is 7.49. The highest BCUT2D eigenvalue weighted by Gasteiger charge is 2.10. The Morgan fingerprint density at radius 3 is 2.68 bits per heavy atom. The summed E-state index contributed by atoms with van der Waals surface area (Å²) in [6.45, 7) is 3.86. The van der Waals surface area contributed by atoms with Crippen LogP contribution >= 0.6 is 23.4 Å². The van der Waals surface area contributed by atoms with E-state index >= 15 is 0 Å². The molecule has 22 heavy (non-hydrogen) atoms. The van der Waals surface area contributed by atoms with Gasteiger partial charge in [-0.25, -0.2) is 4.39 Å². The number of anilines is 1. The molecule has 0 aliphatic carbocycles. The zero-order valence-corrected chi connectivity index (χ0v) is 14.0. The Morgan fingerprint density at radius 1 is 1.27 bits per heavy atom. The number of thioether (sulfide) groups is 1. The molecule has 5 heteroatoms. The Balaban J connectivity index is 1.90. The molecular weight excluding hydrogens is 321 g/mol. The molecule has 0 bridgehead atoms. The third-order valence-electron chi connectivity index (χ3n) is 3.12. The minimum absolute atomic E-state index is 0.127. The largest absolute Gasteiger partial charge is 0.325 e. The van der Waals surface area contributed by atoms with Gasteiger partial charge in [0, 0.05) is 17.1 Å². The van der Waals surface area contributed by atoms with E-state index in [0.717, 1.165) is 11.1 Å². The Bertz CT molecular complexity index is 667. The maximum absolute atomic E-state index is 13.5. The molecule has 116 valence electrons. The summed E-state index contributed by atoms with van der Waals surface area (Å²) in [7, 11) is 0. The van der Waals surface area contributed by atoms with Crippen LogP contribution in [0.1, 0.15) is 17.5 Å². The molecule has 0 heterocycles. The van der Waals surface area contributed by atoms with Gasteiger partial charge in [-0.2, -0.15) is 0 Å². The number of carbonyl (C=O) groups excluding carboxylic acids is 1. The SMILES string of the molecule is Cc1cc(C)c(NC(=O)CCSc2ccccc2F)c(Cl)c1. The first-order valence-corrected chi connectivity index (χ1v) is 8.27. The van der Waals surface area contributed by atoms with Crippen LogP contribution in [0, 0.1) is 19.7 Å². The van der Waals surface area contributed by atoms with Crippen LogP contribution in [0.25, 0.3) is 0 Å². The van der Waals surface area contributed by atoms with E-state index in [9.17, 15) is 9.18 Å². The summed E-state index contributed by atoms with van der Waals surface area (Å²) in [4.78, 5) is 12.6. The standard InChI is InChI=1S/C17H17ClFNOS/c1-11-9-12(2)17(13(18)10-11)20-16(21)7-8-22-15-6-4-3-5-14(15)19/h3-6,9-10H,7-8H2,1-2H3,(H,20,21). The van der Waals surface area contributed by atoms with Crippen molar-refractivity contribution in [3.8, 4) is 0 Å². The molecule has 0 atom stereocenters. The summed E-state index contributed by atoms with van der Waals surface area (Å²) < 4.78 is 13.5. The maximum atomic E-state index is 13.5. The highest BCUT2D eigenvalue weighted by molar-refractivity contribution is 7.99. The summed E-state index contributed by atoms with van der Waals surface area (Å²) in [5.74, 6) is 0.123. The van der Waals surface area contributed by atoms with Crippen LogP contribution in [0.3, 0.4) is 0 Å². The van der Waals surface area contributed by atoms with E-state index in [-0.39, 0.29) is 11.7 Å². The van der Waals surface area contributed by atoms with Crippen molar-refractivity contribution in [3.05, 3.63) is 58.4 Å². The monoisotopic (exact) mass is 337 g/mol. The Hall–Kier alpha value is -1.52. The Morgan fingerprint density at radius 2 is 2.00 bits per heavy atom. The van der Waals surface area contributed by atoms with Crippen molar-refractivity contribution in [2.45, 2.75) is 25.2 Å². The second kappa shape index (κ2) is 7.65. The molecule has 2 aromatic rings. The third-order valence-corrected chi connectivity index (χ3v) is 4.47. The first kappa shape index (κ1) is 16.8. The lowest BCUT2D eigenvalue weighted by atomic mass is 10.1. The smallest absolute Gasteiger partial charge is 0.225 e. The van der Waals surface area contributed by atoms with Gasteiger partial charge in [0.25, 0.3) is 0 Å². The molecule has 0 saturated heterocycles. The average molecular weight is 338 g/mol. The van der Waals surface area contributed by atoms with Gasteiger partial charge >= 0.3 is 0 Å². The van der Waals surface area contributed by atoms with E-state index in [0.29, 0.717) is 27.8 Å². The summed E-state index contributed by atoms with van der Waals surface area (Å²) in [5, 5.41) is 3.36. The number of aryl methyl sites for hydroxylation is 2. The van der Waals surface area contributed by atoms with E-state index in [1.807, 2.05) is 26.0 Å². The van der Waals surface area contributed by atoms with Crippen molar-refractivity contribution in [2.24, 2.45) is 0 Å². The van der Waals surface area contributed by atoms with Gasteiger partial charge in [-0.05, 0) is 43.2 Å². The lowest BCUT2D eigenvalue weighted by Gasteiger charge is -2.11. The van der Waals surface area contributed by atoms with Gasteiger partial charge in [-0.15, -0.1) is 11.8 Å². The lowest BCUT2D eigenvalue weighted by Crippen LogP contribution is -2.13. The molecule has 2 nitrogen and oxygen atoms in total. The fraction of sp³-hybridized carbons (Fsp3) is 0.235. The fourth-order valence-electron chi connectivity index (χ4n) is 2.09. The van der Waals surface area contributed by atoms with Crippen LogP contribution in [0.5, 0.6) is 0 Å². The number of halogens is 2. The highest BCUT2D eigenvalue weighted by atomic mass is 35.5. The molecule has 2 rings (SSSR count). The minimum Gasteiger partial charge on any atom is -0.325 e. The molecule has 1 N–H and O–H groups in total. The second-order valence-electron chi connectivity index (χ2n) is 5.02. The van der Waals surface area contributed by atoms with Crippen molar-refractivity contribution in [1.82, 2.24) is 0 Å². The highest BCUT2D eigenvalue weighted by Crippen LogP contribution is 2.28. The van der Waals surface area contributed by atoms with Gasteiger partial charge in [0.1, 0.15) is 5.82 Å². The summed E-state index contributed by atoms with van der Waals surface area (Å²) in [5.41, 5.74) is 2.63.